The van der Waals surface area contributed by atoms with Gasteiger partial charge in [-0.05, 0) is 12.1 Å². The fourth-order valence-electron chi connectivity index (χ4n) is 1.78. The van der Waals surface area contributed by atoms with Crippen LogP contribution < -0.4 is 5.73 Å². The summed E-state index contributed by atoms with van der Waals surface area (Å²) in [5.41, 5.74) is 8.15. The standard InChI is InChI=1S/C14H12N4/c15-7-10-8-16-14(17-9-10)13-6-5-11-3-1-2-4-12(11)18-13/h1-6,8-9H,7,15H2. The molecule has 0 aliphatic rings. The van der Waals surface area contributed by atoms with Gasteiger partial charge in [0, 0.05) is 29.9 Å². The van der Waals surface area contributed by atoms with E-state index in [1.165, 1.54) is 0 Å². The highest BCUT2D eigenvalue weighted by molar-refractivity contribution is 5.80. The number of hydrogen-bond acceptors (Lipinski definition) is 4. The van der Waals surface area contributed by atoms with Crippen molar-refractivity contribution in [2.45, 2.75) is 6.54 Å². The molecule has 0 amide bonds. The van der Waals surface area contributed by atoms with E-state index in [1.807, 2.05) is 36.4 Å². The third kappa shape index (κ3) is 1.94. The average molecular weight is 236 g/mol. The van der Waals surface area contributed by atoms with E-state index in [2.05, 4.69) is 15.0 Å². The van der Waals surface area contributed by atoms with Crippen LogP contribution in [0.4, 0.5) is 0 Å². The molecule has 0 fully saturated rings. The summed E-state index contributed by atoms with van der Waals surface area (Å²) in [6, 6.07) is 11.9. The van der Waals surface area contributed by atoms with E-state index in [1.54, 1.807) is 12.4 Å². The largest absolute Gasteiger partial charge is 0.326 e. The normalized spacial score (nSPS) is 10.7. The van der Waals surface area contributed by atoms with Crippen LogP contribution in [-0.4, -0.2) is 15.0 Å². The molecule has 0 aliphatic heterocycles. The lowest BCUT2D eigenvalue weighted by molar-refractivity contribution is 1.01. The molecular formula is C14H12N4. The molecule has 0 radical (unpaired) electrons. The lowest BCUT2D eigenvalue weighted by atomic mass is 10.2. The Labute approximate surface area is 105 Å². The Bertz CT molecular complexity index is 677. The van der Waals surface area contributed by atoms with Gasteiger partial charge in [-0.3, -0.25) is 0 Å². The number of nitrogens with two attached hydrogens (primary N) is 1. The molecular weight excluding hydrogens is 224 g/mol. The smallest absolute Gasteiger partial charge is 0.178 e. The van der Waals surface area contributed by atoms with Gasteiger partial charge in [0.25, 0.3) is 0 Å². The third-order valence-corrected chi connectivity index (χ3v) is 2.77. The van der Waals surface area contributed by atoms with Gasteiger partial charge < -0.3 is 5.73 Å². The summed E-state index contributed by atoms with van der Waals surface area (Å²) in [5.74, 6) is 0.623. The van der Waals surface area contributed by atoms with Crippen molar-refractivity contribution < 1.29 is 0 Å². The predicted molar refractivity (Wildman–Crippen MR) is 70.7 cm³/mol. The molecule has 2 aromatic heterocycles. The van der Waals surface area contributed by atoms with E-state index >= 15 is 0 Å². The Morgan fingerprint density at radius 1 is 0.944 bits per heavy atom. The summed E-state index contributed by atoms with van der Waals surface area (Å²) >= 11 is 0. The van der Waals surface area contributed by atoms with E-state index in [0.717, 1.165) is 22.2 Å². The molecule has 1 aromatic carbocycles. The Morgan fingerprint density at radius 2 is 1.72 bits per heavy atom. The van der Waals surface area contributed by atoms with Gasteiger partial charge in [0.2, 0.25) is 0 Å². The molecule has 0 atom stereocenters. The van der Waals surface area contributed by atoms with Gasteiger partial charge >= 0.3 is 0 Å². The second kappa shape index (κ2) is 4.50. The van der Waals surface area contributed by atoms with E-state index in [-0.39, 0.29) is 0 Å². The minimum Gasteiger partial charge on any atom is -0.326 e. The minimum atomic E-state index is 0.450. The fraction of sp³-hybridized carbons (Fsp3) is 0.0714. The van der Waals surface area contributed by atoms with Crippen LogP contribution in [-0.2, 0) is 6.54 Å². The van der Waals surface area contributed by atoms with E-state index in [9.17, 15) is 0 Å². The van der Waals surface area contributed by atoms with E-state index < -0.39 is 0 Å². The molecule has 0 unspecified atom stereocenters. The maximum absolute atomic E-state index is 5.52. The second-order valence-electron chi connectivity index (χ2n) is 4.01. The lowest BCUT2D eigenvalue weighted by Gasteiger charge is -2.02. The van der Waals surface area contributed by atoms with Gasteiger partial charge in [0.15, 0.2) is 5.82 Å². The first kappa shape index (κ1) is 10.8. The van der Waals surface area contributed by atoms with Crippen LogP contribution in [0.15, 0.2) is 48.8 Å². The molecule has 3 rings (SSSR count). The molecule has 2 N–H and O–H groups in total. The lowest BCUT2D eigenvalue weighted by Crippen LogP contribution is -1.99. The first-order chi connectivity index (χ1) is 8.86. The first-order valence-electron chi connectivity index (χ1n) is 5.74. The van der Waals surface area contributed by atoms with Crippen molar-refractivity contribution in [1.82, 2.24) is 15.0 Å². The van der Waals surface area contributed by atoms with Crippen molar-refractivity contribution in [2.24, 2.45) is 5.73 Å². The summed E-state index contributed by atoms with van der Waals surface area (Å²) < 4.78 is 0. The predicted octanol–water partition coefficient (Wildman–Crippen LogP) is 2.15. The van der Waals surface area contributed by atoms with Crippen molar-refractivity contribution >= 4 is 10.9 Å². The second-order valence-corrected chi connectivity index (χ2v) is 4.01. The topological polar surface area (TPSA) is 64.7 Å². The van der Waals surface area contributed by atoms with Crippen LogP contribution in [0.25, 0.3) is 22.4 Å². The van der Waals surface area contributed by atoms with Crippen molar-refractivity contribution in [2.75, 3.05) is 0 Å². The van der Waals surface area contributed by atoms with Crippen molar-refractivity contribution in [1.29, 1.82) is 0 Å². The number of rotatable bonds is 2. The maximum Gasteiger partial charge on any atom is 0.178 e. The highest BCUT2D eigenvalue weighted by Crippen LogP contribution is 2.17. The number of pyridine rings is 1. The Hall–Kier alpha value is -2.33. The van der Waals surface area contributed by atoms with Gasteiger partial charge in [-0.25, -0.2) is 15.0 Å². The van der Waals surface area contributed by atoms with Gasteiger partial charge in [-0.2, -0.15) is 0 Å². The molecule has 18 heavy (non-hydrogen) atoms. The first-order valence-corrected chi connectivity index (χ1v) is 5.74. The van der Waals surface area contributed by atoms with Gasteiger partial charge in [0.05, 0.1) is 5.52 Å². The van der Waals surface area contributed by atoms with Gasteiger partial charge in [0.1, 0.15) is 5.69 Å². The van der Waals surface area contributed by atoms with Gasteiger partial charge in [-0.15, -0.1) is 0 Å². The van der Waals surface area contributed by atoms with Crippen molar-refractivity contribution in [3.63, 3.8) is 0 Å². The third-order valence-electron chi connectivity index (χ3n) is 2.77. The van der Waals surface area contributed by atoms with Crippen LogP contribution >= 0.6 is 0 Å². The average Bonchev–Trinajstić information content (AvgIpc) is 2.47. The van der Waals surface area contributed by atoms with E-state index in [0.29, 0.717) is 12.4 Å². The number of benzene rings is 1. The zero-order valence-electron chi connectivity index (χ0n) is 9.74. The summed E-state index contributed by atoms with van der Waals surface area (Å²) in [4.78, 5) is 13.1. The number of fused-ring (bicyclic) bond motifs is 1. The molecule has 3 aromatic rings. The molecule has 0 saturated carbocycles. The van der Waals surface area contributed by atoms with Crippen LogP contribution in [0.2, 0.25) is 0 Å². The Kier molecular flexibility index (Phi) is 2.70. The van der Waals surface area contributed by atoms with Crippen LogP contribution in [0, 0.1) is 0 Å². The minimum absolute atomic E-state index is 0.450. The SMILES string of the molecule is NCc1cnc(-c2ccc3ccccc3n2)nc1. The summed E-state index contributed by atoms with van der Waals surface area (Å²) in [6.45, 7) is 0.450. The summed E-state index contributed by atoms with van der Waals surface area (Å²) in [7, 11) is 0. The van der Waals surface area contributed by atoms with E-state index in [4.69, 9.17) is 5.73 Å². The molecule has 0 saturated heterocycles. The number of aromatic nitrogens is 3. The zero-order chi connectivity index (χ0) is 12.4. The Balaban J connectivity index is 2.07. The summed E-state index contributed by atoms with van der Waals surface area (Å²) in [5, 5.41) is 1.11. The maximum atomic E-state index is 5.52. The van der Waals surface area contributed by atoms with Gasteiger partial charge in [-0.1, -0.05) is 24.3 Å². The Morgan fingerprint density at radius 3 is 2.50 bits per heavy atom. The molecule has 4 nitrogen and oxygen atoms in total. The molecule has 2 heterocycles. The fourth-order valence-corrected chi connectivity index (χ4v) is 1.78. The molecule has 0 spiro atoms. The highest BCUT2D eigenvalue weighted by atomic mass is 14.9. The van der Waals surface area contributed by atoms with Crippen molar-refractivity contribution in [3.05, 3.63) is 54.4 Å². The molecule has 4 heteroatoms. The van der Waals surface area contributed by atoms with Crippen molar-refractivity contribution in [3.8, 4) is 11.5 Å². The summed E-state index contributed by atoms with van der Waals surface area (Å²) in [6.07, 6.45) is 3.47. The quantitative estimate of drug-likeness (QED) is 0.740. The monoisotopic (exact) mass is 236 g/mol. The highest BCUT2D eigenvalue weighted by Gasteiger charge is 2.03. The molecule has 0 aliphatic carbocycles. The number of hydrogen-bond donors (Lipinski definition) is 1. The zero-order valence-corrected chi connectivity index (χ0v) is 9.74. The molecule has 88 valence electrons. The number of nitrogens with zero attached hydrogens (tertiary/aromatic N) is 3. The van der Waals surface area contributed by atoms with Crippen LogP contribution in [0.1, 0.15) is 5.56 Å². The van der Waals surface area contributed by atoms with Crippen LogP contribution in [0.5, 0.6) is 0 Å². The molecule has 0 bridgehead atoms. The van der Waals surface area contributed by atoms with Crippen LogP contribution in [0.3, 0.4) is 0 Å². The number of para-hydroxylation sites is 1.